The normalized spacial score (nSPS) is 10.2. The van der Waals surface area contributed by atoms with E-state index in [0.29, 0.717) is 17.8 Å². The Morgan fingerprint density at radius 3 is 2.37 bits per heavy atom. The molecule has 1 aromatic heterocycles. The molecule has 19 heavy (non-hydrogen) atoms. The van der Waals surface area contributed by atoms with Crippen molar-refractivity contribution in [1.82, 2.24) is 4.98 Å². The van der Waals surface area contributed by atoms with Crippen LogP contribution in [0.2, 0.25) is 0 Å². The summed E-state index contributed by atoms with van der Waals surface area (Å²) in [6.07, 6.45) is 4.14. The van der Waals surface area contributed by atoms with Crippen LogP contribution in [-0.4, -0.2) is 17.4 Å². The molecule has 0 aliphatic heterocycles. The molecule has 2 aromatic rings. The fraction of sp³-hybridized carbons (Fsp3) is 0.200. The maximum Gasteiger partial charge on any atom is 0.258 e. The van der Waals surface area contributed by atoms with Gasteiger partial charge in [0, 0.05) is 35.9 Å². The third-order valence-corrected chi connectivity index (χ3v) is 2.82. The van der Waals surface area contributed by atoms with Gasteiger partial charge in [0.1, 0.15) is 0 Å². The molecular weight excluding hydrogens is 238 g/mol. The van der Waals surface area contributed by atoms with Gasteiger partial charge >= 0.3 is 0 Å². The summed E-state index contributed by atoms with van der Waals surface area (Å²) in [6, 6.07) is 10.8. The predicted molar refractivity (Wildman–Crippen MR) is 77.1 cm³/mol. The molecule has 2 rings (SSSR count). The van der Waals surface area contributed by atoms with Crippen molar-refractivity contribution in [3.05, 3.63) is 54.4 Å². The van der Waals surface area contributed by atoms with E-state index in [0.717, 1.165) is 12.1 Å². The molecule has 0 saturated heterocycles. The van der Waals surface area contributed by atoms with Gasteiger partial charge in [-0.2, -0.15) is 0 Å². The fourth-order valence-electron chi connectivity index (χ4n) is 1.88. The molecule has 0 unspecified atom stereocenters. The topological polar surface area (TPSA) is 59.2 Å². The summed E-state index contributed by atoms with van der Waals surface area (Å²) in [5.74, 6) is -0.0194. The minimum absolute atomic E-state index is 0.0194. The van der Waals surface area contributed by atoms with Crippen LogP contribution < -0.4 is 10.6 Å². The highest BCUT2D eigenvalue weighted by molar-refractivity contribution is 6.06. The Hall–Kier alpha value is -2.36. The molecule has 0 spiro atoms. The van der Waals surface area contributed by atoms with Crippen LogP contribution in [0.5, 0.6) is 0 Å². The summed E-state index contributed by atoms with van der Waals surface area (Å²) < 4.78 is 0. The van der Waals surface area contributed by atoms with Gasteiger partial charge in [-0.25, -0.2) is 0 Å². The number of pyridine rings is 1. The SMILES string of the molecule is CCCN(C(=O)c1ccncc1)c1ccc(N)cc1. The second kappa shape index (κ2) is 6.00. The van der Waals surface area contributed by atoms with Crippen LogP contribution in [0.4, 0.5) is 11.4 Å². The number of amides is 1. The number of nitrogen functional groups attached to an aromatic ring is 1. The standard InChI is InChI=1S/C15H17N3O/c1-2-11-18(14-5-3-13(16)4-6-14)15(19)12-7-9-17-10-8-12/h3-10H,2,11,16H2,1H3. The highest BCUT2D eigenvalue weighted by atomic mass is 16.2. The molecule has 4 heteroatoms. The third kappa shape index (κ3) is 3.10. The molecule has 0 bridgehead atoms. The molecule has 1 aromatic carbocycles. The third-order valence-electron chi connectivity index (χ3n) is 2.82. The zero-order chi connectivity index (χ0) is 13.7. The molecule has 2 N–H and O–H groups in total. The quantitative estimate of drug-likeness (QED) is 0.854. The number of rotatable bonds is 4. The number of hydrogen-bond acceptors (Lipinski definition) is 3. The van der Waals surface area contributed by atoms with Crippen LogP contribution in [0.1, 0.15) is 23.7 Å². The first kappa shape index (κ1) is 13.1. The lowest BCUT2D eigenvalue weighted by molar-refractivity contribution is 0.0987. The van der Waals surface area contributed by atoms with Gasteiger partial charge in [-0.05, 0) is 42.8 Å². The molecule has 4 nitrogen and oxygen atoms in total. The second-order valence-electron chi connectivity index (χ2n) is 4.28. The van der Waals surface area contributed by atoms with E-state index in [4.69, 9.17) is 5.73 Å². The van der Waals surface area contributed by atoms with Crippen molar-refractivity contribution in [2.45, 2.75) is 13.3 Å². The highest BCUT2D eigenvalue weighted by Crippen LogP contribution is 2.19. The summed E-state index contributed by atoms with van der Waals surface area (Å²) in [4.78, 5) is 18.2. The first-order chi connectivity index (χ1) is 9.22. The van der Waals surface area contributed by atoms with Gasteiger partial charge in [0.2, 0.25) is 0 Å². The Kier molecular flexibility index (Phi) is 4.13. The van der Waals surface area contributed by atoms with E-state index < -0.39 is 0 Å². The second-order valence-corrected chi connectivity index (χ2v) is 4.28. The van der Waals surface area contributed by atoms with Gasteiger partial charge in [0.05, 0.1) is 0 Å². The van der Waals surface area contributed by atoms with E-state index in [2.05, 4.69) is 4.98 Å². The molecule has 98 valence electrons. The molecule has 0 aliphatic rings. The van der Waals surface area contributed by atoms with Crippen LogP contribution in [-0.2, 0) is 0 Å². The zero-order valence-electron chi connectivity index (χ0n) is 10.9. The zero-order valence-corrected chi connectivity index (χ0v) is 10.9. The maximum absolute atomic E-state index is 12.5. The average molecular weight is 255 g/mol. The lowest BCUT2D eigenvalue weighted by atomic mass is 10.2. The largest absolute Gasteiger partial charge is 0.399 e. The van der Waals surface area contributed by atoms with Gasteiger partial charge in [-0.3, -0.25) is 9.78 Å². The monoisotopic (exact) mass is 255 g/mol. The Morgan fingerprint density at radius 1 is 1.16 bits per heavy atom. The van der Waals surface area contributed by atoms with Crippen molar-refractivity contribution in [3.8, 4) is 0 Å². The molecule has 0 atom stereocenters. The number of carbonyl (C=O) groups excluding carboxylic acids is 1. The number of anilines is 2. The van der Waals surface area contributed by atoms with Gasteiger partial charge in [0.15, 0.2) is 0 Å². The molecular formula is C15H17N3O. The molecule has 0 aliphatic carbocycles. The molecule has 0 fully saturated rings. The van der Waals surface area contributed by atoms with E-state index in [-0.39, 0.29) is 5.91 Å². The number of nitrogens with two attached hydrogens (primary N) is 1. The van der Waals surface area contributed by atoms with Crippen molar-refractivity contribution in [3.63, 3.8) is 0 Å². The molecule has 1 heterocycles. The van der Waals surface area contributed by atoms with Crippen molar-refractivity contribution >= 4 is 17.3 Å². The van der Waals surface area contributed by atoms with Crippen molar-refractivity contribution in [2.24, 2.45) is 0 Å². The predicted octanol–water partition coefficient (Wildman–Crippen LogP) is 2.72. The lowest BCUT2D eigenvalue weighted by Crippen LogP contribution is -2.31. The summed E-state index contributed by atoms with van der Waals surface area (Å²) in [5.41, 5.74) is 7.87. The smallest absolute Gasteiger partial charge is 0.258 e. The average Bonchev–Trinajstić information content (AvgIpc) is 2.46. The number of hydrogen-bond donors (Lipinski definition) is 1. The number of carbonyl (C=O) groups is 1. The van der Waals surface area contributed by atoms with Gasteiger partial charge in [-0.15, -0.1) is 0 Å². The first-order valence-electron chi connectivity index (χ1n) is 6.30. The Bertz CT molecular complexity index is 537. The maximum atomic E-state index is 12.5. The number of nitrogens with zero attached hydrogens (tertiary/aromatic N) is 2. The molecule has 1 amide bonds. The van der Waals surface area contributed by atoms with E-state index in [9.17, 15) is 4.79 Å². The van der Waals surface area contributed by atoms with E-state index in [1.54, 1.807) is 41.6 Å². The fourth-order valence-corrected chi connectivity index (χ4v) is 1.88. The summed E-state index contributed by atoms with van der Waals surface area (Å²) >= 11 is 0. The highest BCUT2D eigenvalue weighted by Gasteiger charge is 2.16. The minimum Gasteiger partial charge on any atom is -0.399 e. The van der Waals surface area contributed by atoms with Crippen LogP contribution in [0, 0.1) is 0 Å². The Labute approximate surface area is 112 Å². The Morgan fingerprint density at radius 2 is 1.79 bits per heavy atom. The van der Waals surface area contributed by atoms with Crippen LogP contribution in [0.3, 0.4) is 0 Å². The van der Waals surface area contributed by atoms with Crippen LogP contribution >= 0.6 is 0 Å². The minimum atomic E-state index is -0.0194. The van der Waals surface area contributed by atoms with E-state index >= 15 is 0 Å². The van der Waals surface area contributed by atoms with Crippen molar-refractivity contribution in [1.29, 1.82) is 0 Å². The van der Waals surface area contributed by atoms with Crippen LogP contribution in [0.25, 0.3) is 0 Å². The van der Waals surface area contributed by atoms with E-state index in [1.807, 2.05) is 19.1 Å². The number of benzene rings is 1. The van der Waals surface area contributed by atoms with Crippen molar-refractivity contribution in [2.75, 3.05) is 17.2 Å². The number of aromatic nitrogens is 1. The van der Waals surface area contributed by atoms with Crippen molar-refractivity contribution < 1.29 is 4.79 Å². The van der Waals surface area contributed by atoms with Crippen LogP contribution in [0.15, 0.2) is 48.8 Å². The van der Waals surface area contributed by atoms with Gasteiger partial charge < -0.3 is 10.6 Å². The summed E-state index contributed by atoms with van der Waals surface area (Å²) in [5, 5.41) is 0. The van der Waals surface area contributed by atoms with Gasteiger partial charge in [-0.1, -0.05) is 6.92 Å². The van der Waals surface area contributed by atoms with E-state index in [1.165, 1.54) is 0 Å². The molecule has 0 saturated carbocycles. The van der Waals surface area contributed by atoms with Gasteiger partial charge in [0.25, 0.3) is 5.91 Å². The Balaban J connectivity index is 2.30. The summed E-state index contributed by atoms with van der Waals surface area (Å²) in [6.45, 7) is 2.72. The first-order valence-corrected chi connectivity index (χ1v) is 6.30. The lowest BCUT2D eigenvalue weighted by Gasteiger charge is -2.22. The molecule has 0 radical (unpaired) electrons. The summed E-state index contributed by atoms with van der Waals surface area (Å²) in [7, 11) is 0.